The lowest BCUT2D eigenvalue weighted by molar-refractivity contribution is 0.0982. The first-order valence-corrected chi connectivity index (χ1v) is 9.07. The van der Waals surface area contributed by atoms with Crippen LogP contribution in [0, 0.1) is 13.8 Å². The molecule has 2 rings (SSSR count). The summed E-state index contributed by atoms with van der Waals surface area (Å²) in [7, 11) is 0. The maximum atomic E-state index is 13.0. The number of aryl methyl sites for hydroxylation is 3. The summed E-state index contributed by atoms with van der Waals surface area (Å²) >= 11 is 0. The predicted molar refractivity (Wildman–Crippen MR) is 103 cm³/mol. The lowest BCUT2D eigenvalue weighted by Crippen LogP contribution is -2.27. The van der Waals surface area contributed by atoms with Crippen molar-refractivity contribution in [3.63, 3.8) is 0 Å². The number of carbonyl (C=O) groups is 1. The Morgan fingerprint density at radius 3 is 2.27 bits per heavy atom. The first-order valence-electron chi connectivity index (χ1n) is 9.07. The second-order valence-electron chi connectivity index (χ2n) is 6.16. The van der Waals surface area contributed by atoms with Crippen LogP contribution in [0.1, 0.15) is 59.3 Å². The van der Waals surface area contributed by atoms with E-state index >= 15 is 0 Å². The zero-order valence-electron chi connectivity index (χ0n) is 16.2. The highest BCUT2D eigenvalue weighted by atomic mass is 16.5. The molecule has 0 bridgehead atoms. The summed E-state index contributed by atoms with van der Waals surface area (Å²) in [6, 6.07) is 5.95. The molecule has 1 aromatic carbocycles. The molecule has 0 fully saturated rings. The van der Waals surface area contributed by atoms with E-state index in [9.17, 15) is 9.59 Å². The van der Waals surface area contributed by atoms with Crippen molar-refractivity contribution in [2.24, 2.45) is 0 Å². The Balaban J connectivity index is 2.51. The Bertz CT molecular complexity index is 830. The summed E-state index contributed by atoms with van der Waals surface area (Å²) in [5, 5.41) is 2.95. The minimum absolute atomic E-state index is 0.0227. The average molecular weight is 357 g/mol. The van der Waals surface area contributed by atoms with Gasteiger partial charge in [0.2, 0.25) is 5.43 Å². The molecule has 1 heterocycles. The van der Waals surface area contributed by atoms with E-state index in [0.717, 1.165) is 29.7 Å². The van der Waals surface area contributed by atoms with Crippen molar-refractivity contribution in [2.75, 3.05) is 11.9 Å². The molecule has 5 heteroatoms. The zero-order chi connectivity index (χ0) is 19.3. The molecular weight excluding hydrogens is 330 g/mol. The molecule has 1 aromatic heterocycles. The Hall–Kier alpha value is -2.40. The second kappa shape index (κ2) is 8.81. The van der Waals surface area contributed by atoms with Crippen LogP contribution in [-0.4, -0.2) is 12.5 Å². The molecular formula is C21H27NO4. The number of hydrogen-bond acceptors (Lipinski definition) is 4. The van der Waals surface area contributed by atoms with Crippen LogP contribution in [0.2, 0.25) is 0 Å². The van der Waals surface area contributed by atoms with Gasteiger partial charge in [-0.05, 0) is 44.7 Å². The number of carbonyl (C=O) groups excluding carboxylic acids is 1. The SMILES string of the molecule is CCOCc1oc(C)c(C)c(=O)c1C(=O)Nc1c(CC)cccc1CC. The fraction of sp³-hybridized carbons (Fsp3) is 0.429. The van der Waals surface area contributed by atoms with Gasteiger partial charge < -0.3 is 14.5 Å². The van der Waals surface area contributed by atoms with Crippen LogP contribution in [0.25, 0.3) is 0 Å². The van der Waals surface area contributed by atoms with E-state index in [1.165, 1.54) is 0 Å². The van der Waals surface area contributed by atoms with Gasteiger partial charge >= 0.3 is 0 Å². The molecule has 5 nitrogen and oxygen atoms in total. The van der Waals surface area contributed by atoms with Crippen molar-refractivity contribution in [3.8, 4) is 0 Å². The van der Waals surface area contributed by atoms with Crippen molar-refractivity contribution in [1.29, 1.82) is 0 Å². The first kappa shape index (κ1) is 19.9. The second-order valence-corrected chi connectivity index (χ2v) is 6.16. The summed E-state index contributed by atoms with van der Waals surface area (Å²) in [4.78, 5) is 25.7. The van der Waals surface area contributed by atoms with Crippen molar-refractivity contribution in [3.05, 3.63) is 62.2 Å². The minimum atomic E-state index is -0.452. The van der Waals surface area contributed by atoms with Gasteiger partial charge in [0, 0.05) is 17.9 Å². The molecule has 0 unspecified atom stereocenters. The van der Waals surface area contributed by atoms with Gasteiger partial charge in [0.15, 0.2) is 0 Å². The number of anilines is 1. The summed E-state index contributed by atoms with van der Waals surface area (Å²) < 4.78 is 11.1. The van der Waals surface area contributed by atoms with Crippen LogP contribution in [0.3, 0.4) is 0 Å². The molecule has 1 N–H and O–H groups in total. The van der Waals surface area contributed by atoms with E-state index in [4.69, 9.17) is 9.15 Å². The van der Waals surface area contributed by atoms with Gasteiger partial charge in [0.05, 0.1) is 0 Å². The normalized spacial score (nSPS) is 10.8. The number of hydrogen-bond donors (Lipinski definition) is 1. The van der Waals surface area contributed by atoms with E-state index < -0.39 is 5.91 Å². The minimum Gasteiger partial charge on any atom is -0.463 e. The van der Waals surface area contributed by atoms with Crippen LogP contribution in [0.5, 0.6) is 0 Å². The summed E-state index contributed by atoms with van der Waals surface area (Å²) in [6.07, 6.45) is 1.58. The van der Waals surface area contributed by atoms with Crippen LogP contribution in [0.4, 0.5) is 5.69 Å². The summed E-state index contributed by atoms with van der Waals surface area (Å²) in [6.45, 7) is 9.87. The molecule has 0 saturated heterocycles. The summed E-state index contributed by atoms with van der Waals surface area (Å²) in [5.41, 5.74) is 3.01. The van der Waals surface area contributed by atoms with Gasteiger partial charge in [-0.3, -0.25) is 9.59 Å². The van der Waals surface area contributed by atoms with Crippen molar-refractivity contribution in [2.45, 2.75) is 54.1 Å². The van der Waals surface area contributed by atoms with Gasteiger partial charge in [0.1, 0.15) is 23.7 Å². The lowest BCUT2D eigenvalue weighted by Gasteiger charge is -2.16. The maximum absolute atomic E-state index is 13.0. The van der Waals surface area contributed by atoms with Crippen LogP contribution < -0.4 is 10.7 Å². The Morgan fingerprint density at radius 2 is 1.73 bits per heavy atom. The lowest BCUT2D eigenvalue weighted by atomic mass is 10.0. The molecule has 1 amide bonds. The third kappa shape index (κ3) is 4.05. The van der Waals surface area contributed by atoms with E-state index in [2.05, 4.69) is 5.32 Å². The standard InChI is InChI=1S/C21H27NO4/c1-6-15-10-9-11-16(7-2)19(15)22-21(24)18-17(12-25-8-3)26-14(5)13(4)20(18)23/h9-11H,6-8,12H2,1-5H3,(H,22,24). The van der Waals surface area contributed by atoms with Crippen molar-refractivity contribution < 1.29 is 13.9 Å². The molecule has 0 atom stereocenters. The number of nitrogens with one attached hydrogen (secondary N) is 1. The fourth-order valence-electron chi connectivity index (χ4n) is 2.89. The molecule has 0 saturated carbocycles. The maximum Gasteiger partial charge on any atom is 0.263 e. The Morgan fingerprint density at radius 1 is 1.12 bits per heavy atom. The molecule has 0 radical (unpaired) electrons. The summed E-state index contributed by atoms with van der Waals surface area (Å²) in [5.74, 6) is 0.320. The number of rotatable bonds is 7. The third-order valence-electron chi connectivity index (χ3n) is 4.55. The first-order chi connectivity index (χ1) is 12.4. The third-order valence-corrected chi connectivity index (χ3v) is 4.55. The molecule has 0 aliphatic carbocycles. The van der Waals surface area contributed by atoms with Gasteiger partial charge in [-0.15, -0.1) is 0 Å². The largest absolute Gasteiger partial charge is 0.463 e. The van der Waals surface area contributed by atoms with E-state index in [0.29, 0.717) is 17.9 Å². The molecule has 0 aliphatic rings. The number of ether oxygens (including phenoxy) is 1. The van der Waals surface area contributed by atoms with Gasteiger partial charge in [-0.2, -0.15) is 0 Å². The average Bonchev–Trinajstić information content (AvgIpc) is 2.64. The number of amides is 1. The van der Waals surface area contributed by atoms with Crippen LogP contribution >= 0.6 is 0 Å². The van der Waals surface area contributed by atoms with Gasteiger partial charge in [-0.25, -0.2) is 0 Å². The van der Waals surface area contributed by atoms with Crippen molar-refractivity contribution >= 4 is 11.6 Å². The molecule has 26 heavy (non-hydrogen) atoms. The molecule has 2 aromatic rings. The Kier molecular flexibility index (Phi) is 6.75. The smallest absolute Gasteiger partial charge is 0.263 e. The Labute approximate surface area is 154 Å². The van der Waals surface area contributed by atoms with Gasteiger partial charge in [0.25, 0.3) is 5.91 Å². The van der Waals surface area contributed by atoms with E-state index in [1.54, 1.807) is 13.8 Å². The fourth-order valence-corrected chi connectivity index (χ4v) is 2.89. The molecule has 0 spiro atoms. The molecule has 0 aliphatic heterocycles. The monoisotopic (exact) mass is 357 g/mol. The van der Waals surface area contributed by atoms with Gasteiger partial charge in [-0.1, -0.05) is 32.0 Å². The zero-order valence-corrected chi connectivity index (χ0v) is 16.2. The van der Waals surface area contributed by atoms with E-state index in [-0.39, 0.29) is 23.4 Å². The van der Waals surface area contributed by atoms with E-state index in [1.807, 2.05) is 39.0 Å². The van der Waals surface area contributed by atoms with Crippen LogP contribution in [0.15, 0.2) is 27.4 Å². The van der Waals surface area contributed by atoms with Crippen molar-refractivity contribution in [1.82, 2.24) is 0 Å². The highest BCUT2D eigenvalue weighted by molar-refractivity contribution is 6.05. The topological polar surface area (TPSA) is 68.5 Å². The highest BCUT2D eigenvalue weighted by Gasteiger charge is 2.22. The predicted octanol–water partition coefficient (Wildman–Crippen LogP) is 4.17. The highest BCUT2D eigenvalue weighted by Crippen LogP contribution is 2.24. The number of benzene rings is 1. The molecule has 140 valence electrons. The number of para-hydroxylation sites is 1. The quantitative estimate of drug-likeness (QED) is 0.807. The van der Waals surface area contributed by atoms with Crippen LogP contribution in [-0.2, 0) is 24.2 Å².